The Kier molecular flexibility index (Phi) is 4.62. The molecule has 4 rings (SSSR count). The van der Waals surface area contributed by atoms with Crippen LogP contribution in [0.1, 0.15) is 11.6 Å². The van der Waals surface area contributed by atoms with Crippen molar-refractivity contribution in [2.24, 2.45) is 0 Å². The molecule has 0 unspecified atom stereocenters. The lowest BCUT2D eigenvalue weighted by Gasteiger charge is -2.18. The third kappa shape index (κ3) is 3.58. The van der Waals surface area contributed by atoms with Crippen LogP contribution in [0.2, 0.25) is 0 Å². The van der Waals surface area contributed by atoms with Crippen molar-refractivity contribution in [2.75, 3.05) is 10.6 Å². The van der Waals surface area contributed by atoms with Crippen molar-refractivity contribution >= 4 is 38.3 Å². The summed E-state index contributed by atoms with van der Waals surface area (Å²) < 4.78 is 1.09. The van der Waals surface area contributed by atoms with Gasteiger partial charge in [0.05, 0.1) is 10.2 Å². The molecule has 0 saturated carbocycles. The van der Waals surface area contributed by atoms with E-state index in [0.29, 0.717) is 0 Å². The van der Waals surface area contributed by atoms with Gasteiger partial charge in [-0.05, 0) is 29.8 Å². The van der Waals surface area contributed by atoms with Gasteiger partial charge in [-0.25, -0.2) is 4.98 Å². The second-order valence-corrected chi connectivity index (χ2v) is 6.86. The van der Waals surface area contributed by atoms with Crippen molar-refractivity contribution in [3.63, 3.8) is 0 Å². The number of rotatable bonds is 5. The molecule has 1 amide bonds. The first-order valence-corrected chi connectivity index (χ1v) is 9.14. The van der Waals surface area contributed by atoms with Crippen LogP contribution in [0, 0.1) is 0 Å². The van der Waals surface area contributed by atoms with Crippen molar-refractivity contribution in [1.82, 2.24) is 4.98 Å². The Bertz CT molecular complexity index is 982. The molecule has 5 heteroatoms. The number of fused-ring (bicyclic) bond motifs is 1. The van der Waals surface area contributed by atoms with E-state index in [1.165, 1.54) is 0 Å². The van der Waals surface area contributed by atoms with Crippen LogP contribution in [0.5, 0.6) is 0 Å². The highest BCUT2D eigenvalue weighted by Crippen LogP contribution is 2.29. The molecule has 0 saturated heterocycles. The lowest BCUT2D eigenvalue weighted by atomic mass is 10.1. The standard InChI is InChI=1S/C21H17N3OS/c25-20(22-16-11-5-2-6-12-16)19(15-9-3-1-4-10-15)24-21-23-17-13-7-8-14-18(17)26-21/h1-14,19H,(H,22,25)(H,23,24)/t19-/m1/s1. The predicted octanol–water partition coefficient (Wildman–Crippen LogP) is 5.09. The maximum Gasteiger partial charge on any atom is 0.251 e. The zero-order valence-corrected chi connectivity index (χ0v) is 14.7. The molecule has 1 heterocycles. The molecule has 0 aliphatic heterocycles. The van der Waals surface area contributed by atoms with E-state index in [-0.39, 0.29) is 5.91 Å². The van der Waals surface area contributed by atoms with Crippen molar-refractivity contribution < 1.29 is 4.79 Å². The summed E-state index contributed by atoms with van der Waals surface area (Å²) in [6, 6.07) is 26.6. The van der Waals surface area contributed by atoms with E-state index in [0.717, 1.165) is 26.6 Å². The van der Waals surface area contributed by atoms with Gasteiger partial charge in [0.1, 0.15) is 6.04 Å². The topological polar surface area (TPSA) is 54.0 Å². The molecule has 0 bridgehead atoms. The summed E-state index contributed by atoms with van der Waals surface area (Å²) in [7, 11) is 0. The van der Waals surface area contributed by atoms with E-state index in [1.54, 1.807) is 11.3 Å². The molecule has 0 aliphatic rings. The second-order valence-electron chi connectivity index (χ2n) is 5.83. The number of thiazole rings is 1. The summed E-state index contributed by atoms with van der Waals surface area (Å²) in [5.41, 5.74) is 2.58. The second kappa shape index (κ2) is 7.37. The highest BCUT2D eigenvalue weighted by Gasteiger charge is 2.22. The fraction of sp³-hybridized carbons (Fsp3) is 0.0476. The Hall–Kier alpha value is -3.18. The van der Waals surface area contributed by atoms with E-state index in [2.05, 4.69) is 15.6 Å². The van der Waals surface area contributed by atoms with Crippen molar-refractivity contribution in [3.05, 3.63) is 90.5 Å². The number of aromatic nitrogens is 1. The molecule has 0 radical (unpaired) electrons. The number of carbonyl (C=O) groups excluding carboxylic acids is 1. The summed E-state index contributed by atoms with van der Waals surface area (Å²) in [4.78, 5) is 17.5. The lowest BCUT2D eigenvalue weighted by Crippen LogP contribution is -2.27. The first-order chi connectivity index (χ1) is 12.8. The van der Waals surface area contributed by atoms with Crippen molar-refractivity contribution in [2.45, 2.75) is 6.04 Å². The Labute approximate surface area is 155 Å². The zero-order valence-electron chi connectivity index (χ0n) is 13.9. The molecule has 3 aromatic carbocycles. The first kappa shape index (κ1) is 16.3. The van der Waals surface area contributed by atoms with E-state index in [9.17, 15) is 4.79 Å². The molecule has 1 aromatic heterocycles. The number of para-hydroxylation sites is 2. The Morgan fingerprint density at radius 3 is 2.23 bits per heavy atom. The number of anilines is 2. The Balaban J connectivity index is 1.63. The minimum absolute atomic E-state index is 0.123. The molecule has 2 N–H and O–H groups in total. The highest BCUT2D eigenvalue weighted by atomic mass is 32.1. The molecule has 26 heavy (non-hydrogen) atoms. The maximum atomic E-state index is 12.9. The Morgan fingerprint density at radius 1 is 0.846 bits per heavy atom. The van der Waals surface area contributed by atoms with E-state index in [1.807, 2.05) is 84.9 Å². The molecular formula is C21H17N3OS. The smallest absolute Gasteiger partial charge is 0.251 e. The van der Waals surface area contributed by atoms with Crippen LogP contribution < -0.4 is 10.6 Å². The Morgan fingerprint density at radius 2 is 1.50 bits per heavy atom. The average Bonchev–Trinajstić information content (AvgIpc) is 3.10. The number of nitrogens with one attached hydrogen (secondary N) is 2. The number of amides is 1. The minimum Gasteiger partial charge on any atom is -0.346 e. The first-order valence-electron chi connectivity index (χ1n) is 8.32. The van der Waals surface area contributed by atoms with Crippen LogP contribution >= 0.6 is 11.3 Å². The minimum atomic E-state index is -0.531. The van der Waals surface area contributed by atoms with Crippen molar-refractivity contribution in [3.8, 4) is 0 Å². The zero-order chi connectivity index (χ0) is 17.8. The lowest BCUT2D eigenvalue weighted by molar-refractivity contribution is -0.117. The van der Waals surface area contributed by atoms with Gasteiger partial charge < -0.3 is 10.6 Å². The summed E-state index contributed by atoms with van der Waals surface area (Å²) in [6.45, 7) is 0. The quantitative estimate of drug-likeness (QED) is 0.522. The number of nitrogens with zero attached hydrogens (tertiary/aromatic N) is 1. The monoisotopic (exact) mass is 359 g/mol. The summed E-state index contributed by atoms with van der Waals surface area (Å²) in [5, 5.41) is 7.00. The van der Waals surface area contributed by atoms with Gasteiger partial charge >= 0.3 is 0 Å². The van der Waals surface area contributed by atoms with Crippen molar-refractivity contribution in [1.29, 1.82) is 0 Å². The normalized spacial score (nSPS) is 11.8. The van der Waals surface area contributed by atoms with Crippen LogP contribution in [0.4, 0.5) is 10.8 Å². The highest BCUT2D eigenvalue weighted by molar-refractivity contribution is 7.22. The summed E-state index contributed by atoms with van der Waals surface area (Å²) >= 11 is 1.54. The third-order valence-electron chi connectivity index (χ3n) is 4.00. The molecule has 4 aromatic rings. The van der Waals surface area contributed by atoms with Crippen LogP contribution in [-0.2, 0) is 4.79 Å². The fourth-order valence-electron chi connectivity index (χ4n) is 2.74. The van der Waals surface area contributed by atoms with Gasteiger partial charge in [-0.15, -0.1) is 0 Å². The number of carbonyl (C=O) groups is 1. The summed E-state index contributed by atoms with van der Waals surface area (Å²) in [6.07, 6.45) is 0. The predicted molar refractivity (Wildman–Crippen MR) is 107 cm³/mol. The van der Waals surface area contributed by atoms with E-state index >= 15 is 0 Å². The summed E-state index contributed by atoms with van der Waals surface area (Å²) in [5.74, 6) is -0.123. The molecule has 0 spiro atoms. The fourth-order valence-corrected chi connectivity index (χ4v) is 3.63. The van der Waals surface area contributed by atoms with Crippen LogP contribution in [0.15, 0.2) is 84.9 Å². The molecule has 4 nitrogen and oxygen atoms in total. The third-order valence-corrected chi connectivity index (χ3v) is 4.97. The van der Waals surface area contributed by atoms with Crippen LogP contribution in [0.3, 0.4) is 0 Å². The molecule has 128 valence electrons. The van der Waals surface area contributed by atoms with Gasteiger partial charge in [0.15, 0.2) is 5.13 Å². The van der Waals surface area contributed by atoms with E-state index in [4.69, 9.17) is 0 Å². The molecule has 0 aliphatic carbocycles. The van der Waals surface area contributed by atoms with Crippen LogP contribution in [0.25, 0.3) is 10.2 Å². The van der Waals surface area contributed by atoms with Gasteiger partial charge in [0, 0.05) is 5.69 Å². The van der Waals surface area contributed by atoms with Gasteiger partial charge in [-0.1, -0.05) is 72.0 Å². The van der Waals surface area contributed by atoms with Gasteiger partial charge in [-0.3, -0.25) is 4.79 Å². The number of hydrogen-bond acceptors (Lipinski definition) is 4. The largest absolute Gasteiger partial charge is 0.346 e. The average molecular weight is 359 g/mol. The van der Waals surface area contributed by atoms with Gasteiger partial charge in [-0.2, -0.15) is 0 Å². The molecular weight excluding hydrogens is 342 g/mol. The van der Waals surface area contributed by atoms with Gasteiger partial charge in [0.25, 0.3) is 5.91 Å². The van der Waals surface area contributed by atoms with E-state index < -0.39 is 6.04 Å². The van der Waals surface area contributed by atoms with Gasteiger partial charge in [0.2, 0.25) is 0 Å². The SMILES string of the molecule is O=C(Nc1ccccc1)[C@H](Nc1nc2ccccc2s1)c1ccccc1. The number of hydrogen-bond donors (Lipinski definition) is 2. The molecule has 1 atom stereocenters. The molecule has 0 fully saturated rings. The van der Waals surface area contributed by atoms with Crippen LogP contribution in [-0.4, -0.2) is 10.9 Å². The maximum absolute atomic E-state index is 12.9. The number of benzene rings is 3.